The number of aromatic nitrogens is 6. The summed E-state index contributed by atoms with van der Waals surface area (Å²) < 4.78 is 24.0. The fraction of sp³-hybridized carbons (Fsp3) is 0.290. The first kappa shape index (κ1) is 34.3. The zero-order chi connectivity index (χ0) is 31.1. The third-order valence-corrected chi connectivity index (χ3v) is 7.64. The molecule has 242 valence electrons. The van der Waals surface area contributed by atoms with E-state index in [4.69, 9.17) is 16.2 Å². The van der Waals surface area contributed by atoms with Crippen LogP contribution < -0.4 is 22.3 Å². The number of ether oxygens (including phenoxy) is 1. The molecule has 0 amide bonds. The molecule has 1 atom stereocenters. The predicted octanol–water partition coefficient (Wildman–Crippen LogP) is 4.79. The number of pyridine rings is 1. The average molecular weight is 671 g/mol. The maximum Gasteiger partial charge on any atom is 0.323 e. The third kappa shape index (κ3) is 6.96. The first-order valence-electron chi connectivity index (χ1n) is 14.3. The Balaban J connectivity index is 0.00000240. The Bertz CT molecular complexity index is 1960. The van der Waals surface area contributed by atoms with E-state index in [2.05, 4.69) is 25.4 Å². The quantitative estimate of drug-likeness (QED) is 0.186. The van der Waals surface area contributed by atoms with Crippen molar-refractivity contribution in [3.8, 4) is 17.1 Å². The summed E-state index contributed by atoms with van der Waals surface area (Å²) >= 11 is 0. The standard InChI is InChI=1S/C31H32FN9O3.2ClH/c1-16(2)26(33)29(43)44-15-22-21(27-37-30(34)39-31(38-27)36-20-13-35-40(3)14-20)5-4-6-24(22)41-10-9-18-11-19(17-7-8-17)12-23(32)25(18)28(41)42;;/h4-6,9-14,16-17,26H,7-8,15,33H2,1-3H3,(H3,34,36,37,38,39);2*1H. The van der Waals surface area contributed by atoms with Crippen LogP contribution in [0, 0.1) is 11.7 Å². The average Bonchev–Trinajstić information content (AvgIpc) is 3.76. The summed E-state index contributed by atoms with van der Waals surface area (Å²) in [4.78, 5) is 39.7. The fourth-order valence-electron chi connectivity index (χ4n) is 5.05. The van der Waals surface area contributed by atoms with E-state index >= 15 is 4.39 Å². The van der Waals surface area contributed by atoms with Crippen LogP contribution in [0.25, 0.3) is 27.8 Å². The van der Waals surface area contributed by atoms with Crippen LogP contribution in [-0.4, -0.2) is 41.3 Å². The van der Waals surface area contributed by atoms with Gasteiger partial charge in [-0.3, -0.25) is 18.8 Å². The van der Waals surface area contributed by atoms with Gasteiger partial charge in [-0.25, -0.2) is 4.39 Å². The number of rotatable bonds is 9. The van der Waals surface area contributed by atoms with Crippen molar-refractivity contribution in [3.05, 3.63) is 82.3 Å². The number of hydrogen-bond donors (Lipinski definition) is 3. The molecule has 15 heteroatoms. The monoisotopic (exact) mass is 669 g/mol. The van der Waals surface area contributed by atoms with Crippen LogP contribution in [0.3, 0.4) is 0 Å². The van der Waals surface area contributed by atoms with Gasteiger partial charge >= 0.3 is 5.97 Å². The Morgan fingerprint density at radius 2 is 1.91 bits per heavy atom. The van der Waals surface area contributed by atoms with Gasteiger partial charge in [0.05, 0.1) is 23.0 Å². The maximum absolute atomic E-state index is 15.4. The normalized spacial score (nSPS) is 13.2. The largest absolute Gasteiger partial charge is 0.460 e. The molecule has 0 bridgehead atoms. The van der Waals surface area contributed by atoms with Crippen LogP contribution in [0.4, 0.5) is 22.0 Å². The van der Waals surface area contributed by atoms with Crippen LogP contribution in [0.15, 0.2) is 59.8 Å². The Morgan fingerprint density at radius 1 is 1.15 bits per heavy atom. The highest BCUT2D eigenvalue weighted by atomic mass is 35.5. The van der Waals surface area contributed by atoms with Crippen LogP contribution in [0.2, 0.25) is 0 Å². The predicted molar refractivity (Wildman–Crippen MR) is 178 cm³/mol. The number of aryl methyl sites for hydroxylation is 1. The molecule has 1 aliphatic rings. The highest BCUT2D eigenvalue weighted by molar-refractivity contribution is 5.86. The minimum absolute atomic E-state index is 0. The fourth-order valence-corrected chi connectivity index (χ4v) is 5.05. The van der Waals surface area contributed by atoms with Gasteiger partial charge in [-0.1, -0.05) is 32.0 Å². The molecular weight excluding hydrogens is 636 g/mol. The molecule has 3 aromatic heterocycles. The number of halogens is 3. The zero-order valence-electron chi connectivity index (χ0n) is 25.3. The first-order chi connectivity index (χ1) is 21.1. The lowest BCUT2D eigenvalue weighted by molar-refractivity contribution is -0.147. The molecule has 0 aliphatic heterocycles. The molecule has 1 aliphatic carbocycles. The highest BCUT2D eigenvalue weighted by Crippen LogP contribution is 2.41. The number of benzene rings is 2. The van der Waals surface area contributed by atoms with E-state index in [1.165, 1.54) is 10.6 Å². The molecule has 5 N–H and O–H groups in total. The van der Waals surface area contributed by atoms with Crippen LogP contribution in [-0.2, 0) is 23.2 Å². The summed E-state index contributed by atoms with van der Waals surface area (Å²) in [5.41, 5.74) is 14.3. The van der Waals surface area contributed by atoms with E-state index in [0.717, 1.165) is 18.4 Å². The SMILES string of the molecule is CC(C)C(N)C(=O)OCc1c(-c2nc(N)nc(Nc3cnn(C)c3)n2)cccc1-n1ccc2cc(C3CC3)cc(F)c2c1=O.Cl.Cl. The smallest absolute Gasteiger partial charge is 0.323 e. The Labute approximate surface area is 276 Å². The van der Waals surface area contributed by atoms with E-state index in [1.54, 1.807) is 54.6 Å². The van der Waals surface area contributed by atoms with E-state index < -0.39 is 23.4 Å². The molecule has 0 radical (unpaired) electrons. The van der Waals surface area contributed by atoms with Gasteiger partial charge in [-0.2, -0.15) is 20.1 Å². The molecule has 12 nitrogen and oxygen atoms in total. The van der Waals surface area contributed by atoms with Gasteiger partial charge in [0.1, 0.15) is 18.5 Å². The molecule has 46 heavy (non-hydrogen) atoms. The highest BCUT2D eigenvalue weighted by Gasteiger charge is 2.26. The van der Waals surface area contributed by atoms with Gasteiger partial charge in [-0.15, -0.1) is 24.8 Å². The van der Waals surface area contributed by atoms with Crippen LogP contribution in [0.5, 0.6) is 0 Å². The lowest BCUT2D eigenvalue weighted by Crippen LogP contribution is -2.37. The number of carbonyl (C=O) groups is 1. The molecular formula is C31H34Cl2FN9O3. The number of hydrogen-bond acceptors (Lipinski definition) is 10. The number of nitrogens with zero attached hydrogens (tertiary/aromatic N) is 6. The minimum Gasteiger partial charge on any atom is -0.460 e. The van der Waals surface area contributed by atoms with Crippen molar-refractivity contribution in [2.45, 2.75) is 45.3 Å². The van der Waals surface area contributed by atoms with Gasteiger partial charge < -0.3 is 21.5 Å². The van der Waals surface area contributed by atoms with Crippen molar-refractivity contribution in [1.29, 1.82) is 0 Å². The molecule has 3 heterocycles. The summed E-state index contributed by atoms with van der Waals surface area (Å²) in [7, 11) is 1.77. The zero-order valence-corrected chi connectivity index (χ0v) is 26.9. The van der Waals surface area contributed by atoms with E-state index in [9.17, 15) is 9.59 Å². The summed E-state index contributed by atoms with van der Waals surface area (Å²) in [6, 6.07) is 9.27. The Morgan fingerprint density at radius 3 is 2.59 bits per heavy atom. The summed E-state index contributed by atoms with van der Waals surface area (Å²) in [6.07, 6.45) is 6.95. The van der Waals surface area contributed by atoms with Crippen LogP contribution in [0.1, 0.15) is 43.7 Å². The molecule has 5 aromatic rings. The van der Waals surface area contributed by atoms with Crippen molar-refractivity contribution in [1.82, 2.24) is 29.3 Å². The van der Waals surface area contributed by atoms with Gasteiger partial charge in [0.25, 0.3) is 5.56 Å². The Kier molecular flexibility index (Phi) is 10.3. The first-order valence-corrected chi connectivity index (χ1v) is 14.3. The number of fused-ring (bicyclic) bond motifs is 1. The number of carbonyl (C=O) groups excluding carboxylic acids is 1. The number of nitrogen functional groups attached to an aromatic ring is 1. The number of anilines is 3. The van der Waals surface area contributed by atoms with Gasteiger partial charge in [0.15, 0.2) is 5.82 Å². The van der Waals surface area contributed by atoms with Gasteiger partial charge in [-0.05, 0) is 53.8 Å². The number of nitrogens with one attached hydrogen (secondary N) is 1. The molecule has 6 rings (SSSR count). The van der Waals surface area contributed by atoms with Crippen molar-refractivity contribution in [3.63, 3.8) is 0 Å². The van der Waals surface area contributed by atoms with Crippen LogP contribution >= 0.6 is 24.8 Å². The van der Waals surface area contributed by atoms with Crippen molar-refractivity contribution < 1.29 is 13.9 Å². The van der Waals surface area contributed by atoms with Gasteiger partial charge in [0.2, 0.25) is 11.9 Å². The second-order valence-corrected chi connectivity index (χ2v) is 11.3. The summed E-state index contributed by atoms with van der Waals surface area (Å²) in [5.74, 6) is -0.754. The summed E-state index contributed by atoms with van der Waals surface area (Å²) in [6.45, 7) is 3.36. The minimum atomic E-state index is -0.855. The second-order valence-electron chi connectivity index (χ2n) is 11.3. The molecule has 1 fully saturated rings. The molecule has 1 unspecified atom stereocenters. The number of esters is 1. The van der Waals surface area contributed by atoms with Gasteiger partial charge in [0, 0.05) is 30.6 Å². The van der Waals surface area contributed by atoms with Crippen molar-refractivity contribution in [2.75, 3.05) is 11.1 Å². The molecule has 2 aromatic carbocycles. The Hall–Kier alpha value is -4.59. The third-order valence-electron chi connectivity index (χ3n) is 7.64. The molecule has 0 spiro atoms. The van der Waals surface area contributed by atoms with E-state index in [-0.39, 0.29) is 60.4 Å². The molecule has 0 saturated heterocycles. The second kappa shape index (κ2) is 13.8. The van der Waals surface area contributed by atoms with E-state index in [1.807, 2.05) is 19.9 Å². The van der Waals surface area contributed by atoms with Crippen molar-refractivity contribution >= 4 is 59.1 Å². The van der Waals surface area contributed by atoms with E-state index in [0.29, 0.717) is 33.8 Å². The summed E-state index contributed by atoms with van der Waals surface area (Å²) in [5, 5.41) is 7.67. The lowest BCUT2D eigenvalue weighted by atomic mass is 10.0. The number of nitrogens with two attached hydrogens (primary N) is 2. The topological polar surface area (TPSA) is 169 Å². The lowest BCUT2D eigenvalue weighted by Gasteiger charge is -2.19. The molecule has 1 saturated carbocycles. The van der Waals surface area contributed by atoms with Crippen molar-refractivity contribution in [2.24, 2.45) is 18.7 Å². The maximum atomic E-state index is 15.4.